The Bertz CT molecular complexity index is 741. The summed E-state index contributed by atoms with van der Waals surface area (Å²) in [6.45, 7) is 6.41. The first-order chi connectivity index (χ1) is 15.8. The van der Waals surface area contributed by atoms with Gasteiger partial charge in [0.25, 0.3) is 0 Å². The van der Waals surface area contributed by atoms with Crippen LogP contribution in [0.1, 0.15) is 53.4 Å². The van der Waals surface area contributed by atoms with Gasteiger partial charge in [0.05, 0.1) is 13.1 Å². The summed E-state index contributed by atoms with van der Waals surface area (Å²) in [6.07, 6.45) is 0.183. The molecular formula is C21H38N6O7. The van der Waals surface area contributed by atoms with E-state index in [9.17, 15) is 33.9 Å². The van der Waals surface area contributed by atoms with E-state index in [1.165, 1.54) is 0 Å². The number of primary amides is 1. The van der Waals surface area contributed by atoms with Crippen molar-refractivity contribution in [2.45, 2.75) is 71.5 Å². The Kier molecular flexibility index (Phi) is 14.1. The molecule has 0 aliphatic carbocycles. The van der Waals surface area contributed by atoms with E-state index in [0.717, 1.165) is 0 Å². The topological polar surface area (TPSA) is 223 Å². The van der Waals surface area contributed by atoms with Crippen molar-refractivity contribution in [2.75, 3.05) is 13.1 Å². The molecule has 0 fully saturated rings. The number of carboxylic acid groups (broad SMARTS) is 1. The molecule has 0 heterocycles. The van der Waals surface area contributed by atoms with E-state index in [1.807, 2.05) is 27.7 Å². The summed E-state index contributed by atoms with van der Waals surface area (Å²) in [6, 6.07) is -3.27. The number of hydrogen-bond donors (Lipinski definition) is 7. The van der Waals surface area contributed by atoms with Crippen molar-refractivity contribution in [1.82, 2.24) is 21.3 Å². The molecule has 0 aromatic carbocycles. The molecule has 0 aromatic heterocycles. The molecule has 0 unspecified atom stereocenters. The highest BCUT2D eigenvalue weighted by atomic mass is 16.4. The number of nitrogens with one attached hydrogen (secondary N) is 4. The molecule has 194 valence electrons. The smallest absolute Gasteiger partial charge is 0.326 e. The second-order valence-electron chi connectivity index (χ2n) is 8.83. The van der Waals surface area contributed by atoms with Crippen LogP contribution in [0.25, 0.3) is 0 Å². The lowest BCUT2D eigenvalue weighted by Crippen LogP contribution is -2.55. The van der Waals surface area contributed by atoms with Gasteiger partial charge in [-0.1, -0.05) is 27.7 Å². The minimum atomic E-state index is -1.18. The summed E-state index contributed by atoms with van der Waals surface area (Å²) >= 11 is 0. The second-order valence-corrected chi connectivity index (χ2v) is 8.83. The van der Waals surface area contributed by atoms with E-state index >= 15 is 0 Å². The fourth-order valence-corrected chi connectivity index (χ4v) is 3.01. The average Bonchev–Trinajstić information content (AvgIpc) is 2.72. The van der Waals surface area contributed by atoms with Crippen LogP contribution in [0.2, 0.25) is 0 Å². The maximum Gasteiger partial charge on any atom is 0.326 e. The molecule has 13 nitrogen and oxygen atoms in total. The van der Waals surface area contributed by atoms with Crippen molar-refractivity contribution < 1.29 is 33.9 Å². The van der Waals surface area contributed by atoms with Crippen molar-refractivity contribution in [3.05, 3.63) is 0 Å². The van der Waals surface area contributed by atoms with Crippen LogP contribution in [0, 0.1) is 11.8 Å². The zero-order chi connectivity index (χ0) is 26.4. The van der Waals surface area contributed by atoms with Crippen LogP contribution in [0.3, 0.4) is 0 Å². The predicted octanol–water partition coefficient (Wildman–Crippen LogP) is -2.04. The number of nitrogens with two attached hydrogens (primary N) is 2. The normalized spacial score (nSPS) is 13.5. The fraction of sp³-hybridized carbons (Fsp3) is 0.714. The largest absolute Gasteiger partial charge is 0.480 e. The van der Waals surface area contributed by atoms with E-state index in [2.05, 4.69) is 21.3 Å². The first-order valence-electron chi connectivity index (χ1n) is 11.1. The summed E-state index contributed by atoms with van der Waals surface area (Å²) in [5.74, 6) is -4.52. The van der Waals surface area contributed by atoms with Crippen molar-refractivity contribution in [2.24, 2.45) is 23.3 Å². The zero-order valence-corrected chi connectivity index (χ0v) is 20.2. The molecular weight excluding hydrogens is 448 g/mol. The van der Waals surface area contributed by atoms with Crippen LogP contribution in [-0.2, 0) is 28.8 Å². The van der Waals surface area contributed by atoms with Gasteiger partial charge in [-0.15, -0.1) is 0 Å². The quantitative estimate of drug-likeness (QED) is 0.128. The Morgan fingerprint density at radius 3 is 1.76 bits per heavy atom. The number of carboxylic acids is 1. The molecule has 13 heteroatoms. The monoisotopic (exact) mass is 486 g/mol. The zero-order valence-electron chi connectivity index (χ0n) is 20.2. The molecule has 5 amide bonds. The second kappa shape index (κ2) is 15.6. The van der Waals surface area contributed by atoms with Gasteiger partial charge in [0.1, 0.15) is 18.1 Å². The standard InChI is InChI=1S/C21H38N6O7/c1-11(2)7-14(27-20(32)13(5-6-16(23)28)25-17(29)9-22)19(31)24-10-18(30)26-15(21(33)34)8-12(3)4/h11-15H,5-10,22H2,1-4H3,(H2,23,28)(H,24,31)(H,25,29)(H,26,30)(H,27,32)(H,33,34)/t13-,14-,15-/m0/s1. The predicted molar refractivity (Wildman–Crippen MR) is 123 cm³/mol. The Morgan fingerprint density at radius 2 is 1.29 bits per heavy atom. The van der Waals surface area contributed by atoms with E-state index in [4.69, 9.17) is 11.5 Å². The van der Waals surface area contributed by atoms with Gasteiger partial charge in [-0.2, -0.15) is 0 Å². The van der Waals surface area contributed by atoms with Crippen LogP contribution < -0.4 is 32.7 Å². The van der Waals surface area contributed by atoms with E-state index in [1.54, 1.807) is 0 Å². The minimum Gasteiger partial charge on any atom is -0.480 e. The highest BCUT2D eigenvalue weighted by molar-refractivity contribution is 5.94. The molecule has 0 saturated carbocycles. The van der Waals surface area contributed by atoms with Crippen LogP contribution in [0.4, 0.5) is 0 Å². The number of rotatable bonds is 16. The average molecular weight is 487 g/mol. The fourth-order valence-electron chi connectivity index (χ4n) is 3.01. The summed E-state index contributed by atoms with van der Waals surface area (Å²) in [5, 5.41) is 18.9. The number of hydrogen-bond acceptors (Lipinski definition) is 7. The molecule has 0 saturated heterocycles. The third-order valence-corrected chi connectivity index (χ3v) is 4.62. The van der Waals surface area contributed by atoms with Gasteiger partial charge in [0.2, 0.25) is 29.5 Å². The third kappa shape index (κ3) is 13.4. The summed E-state index contributed by atoms with van der Waals surface area (Å²) in [7, 11) is 0. The highest BCUT2D eigenvalue weighted by Gasteiger charge is 2.28. The number of carbonyl (C=O) groups is 6. The van der Waals surface area contributed by atoms with Crippen molar-refractivity contribution in [3.8, 4) is 0 Å². The lowest BCUT2D eigenvalue weighted by molar-refractivity contribution is -0.142. The Balaban J connectivity index is 5.19. The first-order valence-corrected chi connectivity index (χ1v) is 11.1. The summed E-state index contributed by atoms with van der Waals surface area (Å²) in [4.78, 5) is 71.6. The van der Waals surface area contributed by atoms with Gasteiger partial charge < -0.3 is 37.8 Å². The van der Waals surface area contributed by atoms with Gasteiger partial charge in [0, 0.05) is 6.42 Å². The van der Waals surface area contributed by atoms with E-state index in [-0.39, 0.29) is 44.1 Å². The molecule has 0 aromatic rings. The number of amides is 5. The Hall–Kier alpha value is -3.22. The van der Waals surface area contributed by atoms with E-state index < -0.39 is 60.2 Å². The highest BCUT2D eigenvalue weighted by Crippen LogP contribution is 2.07. The molecule has 0 spiro atoms. The van der Waals surface area contributed by atoms with Crippen LogP contribution in [-0.4, -0.2) is 71.8 Å². The van der Waals surface area contributed by atoms with E-state index in [0.29, 0.717) is 0 Å². The SMILES string of the molecule is CC(C)C[C@H](NC(=O)CNC(=O)[C@H](CC(C)C)NC(=O)[C@H](CCC(N)=O)NC(=O)CN)C(=O)O. The lowest BCUT2D eigenvalue weighted by atomic mass is 10.0. The molecule has 3 atom stereocenters. The van der Waals surface area contributed by atoms with Gasteiger partial charge >= 0.3 is 5.97 Å². The van der Waals surface area contributed by atoms with Crippen molar-refractivity contribution in [3.63, 3.8) is 0 Å². The Labute approximate surface area is 199 Å². The molecule has 0 aliphatic heterocycles. The molecule has 9 N–H and O–H groups in total. The van der Waals surface area contributed by atoms with Gasteiger partial charge in [-0.05, 0) is 31.1 Å². The molecule has 0 bridgehead atoms. The van der Waals surface area contributed by atoms with Gasteiger partial charge in [-0.25, -0.2) is 4.79 Å². The Morgan fingerprint density at radius 1 is 0.765 bits per heavy atom. The van der Waals surface area contributed by atoms with Gasteiger partial charge in [-0.3, -0.25) is 24.0 Å². The lowest BCUT2D eigenvalue weighted by Gasteiger charge is -2.24. The summed E-state index contributed by atoms with van der Waals surface area (Å²) in [5.41, 5.74) is 10.4. The van der Waals surface area contributed by atoms with Crippen LogP contribution in [0.5, 0.6) is 0 Å². The van der Waals surface area contributed by atoms with Crippen molar-refractivity contribution >= 4 is 35.5 Å². The molecule has 0 aliphatic rings. The third-order valence-electron chi connectivity index (χ3n) is 4.62. The molecule has 34 heavy (non-hydrogen) atoms. The van der Waals surface area contributed by atoms with Crippen LogP contribution >= 0.6 is 0 Å². The number of carbonyl (C=O) groups excluding carboxylic acids is 5. The maximum absolute atomic E-state index is 12.7. The molecule has 0 radical (unpaired) electrons. The molecule has 0 rings (SSSR count). The van der Waals surface area contributed by atoms with Crippen LogP contribution in [0.15, 0.2) is 0 Å². The first kappa shape index (κ1) is 30.8. The minimum absolute atomic E-state index is 0.0185. The van der Waals surface area contributed by atoms with Crippen molar-refractivity contribution in [1.29, 1.82) is 0 Å². The maximum atomic E-state index is 12.7. The summed E-state index contributed by atoms with van der Waals surface area (Å²) < 4.78 is 0. The number of aliphatic carboxylic acids is 1. The van der Waals surface area contributed by atoms with Gasteiger partial charge in [0.15, 0.2) is 0 Å².